The van der Waals surface area contributed by atoms with Gasteiger partial charge in [0.1, 0.15) is 5.25 Å². The van der Waals surface area contributed by atoms with E-state index in [1.165, 1.54) is 38.5 Å². The Kier molecular flexibility index (Phi) is 14.4. The lowest BCUT2D eigenvalue weighted by Gasteiger charge is -2.13. The van der Waals surface area contributed by atoms with Gasteiger partial charge in [-0.1, -0.05) is 70.4 Å². The normalized spacial score (nSPS) is 17.1. The minimum Gasteiger partial charge on any atom is -0.395 e. The van der Waals surface area contributed by atoms with E-state index >= 15 is 0 Å². The molecule has 184 valence electrons. The molecule has 7 nitrogen and oxygen atoms in total. The Morgan fingerprint density at radius 2 is 1.47 bits per heavy atom. The van der Waals surface area contributed by atoms with Crippen LogP contribution in [0.3, 0.4) is 0 Å². The maximum atomic E-state index is 12.3. The van der Waals surface area contributed by atoms with Crippen LogP contribution in [-0.2, 0) is 24.2 Å². The van der Waals surface area contributed by atoms with E-state index < -0.39 is 51.6 Å². The number of carbonyl (C=O) groups is 3. The summed E-state index contributed by atoms with van der Waals surface area (Å²) in [6.07, 6.45) is 18.7. The fraction of sp³-hybridized carbons (Fsp3) is 0.792. The lowest BCUT2D eigenvalue weighted by Crippen LogP contribution is -2.40. The van der Waals surface area contributed by atoms with Crippen LogP contribution in [0.15, 0.2) is 12.2 Å². The van der Waals surface area contributed by atoms with Crippen molar-refractivity contribution in [2.75, 3.05) is 12.4 Å². The van der Waals surface area contributed by atoms with Gasteiger partial charge in [-0.15, -0.1) is 0 Å². The third kappa shape index (κ3) is 10.4. The number of hydrogen-bond donors (Lipinski definition) is 1. The van der Waals surface area contributed by atoms with Gasteiger partial charge < -0.3 is 5.11 Å². The summed E-state index contributed by atoms with van der Waals surface area (Å²) >= 11 is 0. The number of aliphatic hydroxyl groups excluding tert-OH is 1. The van der Waals surface area contributed by atoms with Crippen LogP contribution in [0.4, 0.5) is 0 Å². The summed E-state index contributed by atoms with van der Waals surface area (Å²) < 4.78 is 24.0. The maximum Gasteiger partial charge on any atom is 0.254 e. The first-order valence-electron chi connectivity index (χ1n) is 12.2. The molecule has 0 aromatic rings. The van der Waals surface area contributed by atoms with Gasteiger partial charge in [-0.3, -0.25) is 14.4 Å². The molecule has 1 rings (SSSR count). The molecule has 1 saturated heterocycles. The maximum absolute atomic E-state index is 12.3. The number of nitrogens with zero attached hydrogens (tertiary/aromatic N) is 1. The SMILES string of the molecule is CCCCCCCCC=CCCCCCCCC(=O)N1C(=O)CC(S(=O)(=O)CCO)C1=O. The highest BCUT2D eigenvalue weighted by atomic mass is 32.2. The van der Waals surface area contributed by atoms with Gasteiger partial charge in [-0.25, -0.2) is 13.3 Å². The highest BCUT2D eigenvalue weighted by Gasteiger charge is 2.48. The predicted molar refractivity (Wildman–Crippen MR) is 126 cm³/mol. The summed E-state index contributed by atoms with van der Waals surface area (Å²) in [5, 5.41) is 7.29. The Bertz CT molecular complexity index is 716. The Balaban J connectivity index is 2.12. The minimum atomic E-state index is -3.93. The average Bonchev–Trinajstić information content (AvgIpc) is 3.05. The summed E-state index contributed by atoms with van der Waals surface area (Å²) in [7, 11) is -3.93. The van der Waals surface area contributed by atoms with Crippen LogP contribution in [0.2, 0.25) is 0 Å². The smallest absolute Gasteiger partial charge is 0.254 e. The Labute approximate surface area is 193 Å². The van der Waals surface area contributed by atoms with Gasteiger partial charge in [0.25, 0.3) is 5.91 Å². The van der Waals surface area contributed by atoms with E-state index in [1.807, 2.05) is 0 Å². The number of sulfone groups is 1. The first-order valence-corrected chi connectivity index (χ1v) is 13.9. The van der Waals surface area contributed by atoms with E-state index in [2.05, 4.69) is 19.1 Å². The van der Waals surface area contributed by atoms with Crippen LogP contribution in [0.5, 0.6) is 0 Å². The molecule has 0 aromatic carbocycles. The second-order valence-corrected chi connectivity index (χ2v) is 10.9. The summed E-state index contributed by atoms with van der Waals surface area (Å²) in [5.41, 5.74) is 0. The first kappa shape index (κ1) is 28.5. The minimum absolute atomic E-state index is 0.0579. The zero-order chi connectivity index (χ0) is 23.8. The second kappa shape index (κ2) is 16.1. The van der Waals surface area contributed by atoms with Crippen molar-refractivity contribution in [2.24, 2.45) is 0 Å². The van der Waals surface area contributed by atoms with Gasteiger partial charge in [0.15, 0.2) is 9.84 Å². The molecule has 0 spiro atoms. The molecule has 8 heteroatoms. The van der Waals surface area contributed by atoms with E-state index in [9.17, 15) is 22.8 Å². The zero-order valence-electron chi connectivity index (χ0n) is 19.6. The first-order chi connectivity index (χ1) is 15.3. The molecule has 1 atom stereocenters. The van der Waals surface area contributed by atoms with Crippen LogP contribution in [0.25, 0.3) is 0 Å². The molecular formula is C24H41NO6S. The Morgan fingerprint density at radius 3 is 2.03 bits per heavy atom. The van der Waals surface area contributed by atoms with E-state index in [-0.39, 0.29) is 6.42 Å². The number of rotatable bonds is 18. The Morgan fingerprint density at radius 1 is 0.938 bits per heavy atom. The van der Waals surface area contributed by atoms with Crippen molar-refractivity contribution in [2.45, 2.75) is 108 Å². The van der Waals surface area contributed by atoms with Crippen molar-refractivity contribution < 1.29 is 27.9 Å². The molecule has 1 aliphatic heterocycles. The fourth-order valence-corrected chi connectivity index (χ4v) is 5.22. The molecule has 0 aromatic heterocycles. The Hall–Kier alpha value is -1.54. The number of aliphatic hydroxyl groups is 1. The van der Waals surface area contributed by atoms with Gasteiger partial charge in [0.05, 0.1) is 18.8 Å². The van der Waals surface area contributed by atoms with Crippen LogP contribution in [0.1, 0.15) is 103 Å². The number of allylic oxidation sites excluding steroid dienone is 2. The number of amides is 3. The van der Waals surface area contributed by atoms with Gasteiger partial charge in [0.2, 0.25) is 11.8 Å². The molecule has 1 fully saturated rings. The zero-order valence-corrected chi connectivity index (χ0v) is 20.4. The highest BCUT2D eigenvalue weighted by molar-refractivity contribution is 7.92. The van der Waals surface area contributed by atoms with E-state index in [4.69, 9.17) is 5.11 Å². The number of imide groups is 3. The van der Waals surface area contributed by atoms with Crippen molar-refractivity contribution in [3.63, 3.8) is 0 Å². The van der Waals surface area contributed by atoms with Crippen molar-refractivity contribution in [3.05, 3.63) is 12.2 Å². The van der Waals surface area contributed by atoms with Gasteiger partial charge in [-0.2, -0.15) is 0 Å². The van der Waals surface area contributed by atoms with Crippen molar-refractivity contribution in [1.82, 2.24) is 4.90 Å². The lowest BCUT2D eigenvalue weighted by atomic mass is 10.1. The third-order valence-electron chi connectivity index (χ3n) is 5.82. The van der Waals surface area contributed by atoms with Crippen LogP contribution >= 0.6 is 0 Å². The lowest BCUT2D eigenvalue weighted by molar-refractivity contribution is -0.149. The standard InChI is InChI=1S/C24H41NO6S/c1-2-3-4-5-6-7-8-9-10-11-12-13-14-15-16-17-22(27)25-23(28)20-21(24(25)29)32(30,31)19-18-26/h9-10,21,26H,2-8,11-20H2,1H3. The topological polar surface area (TPSA) is 109 Å². The molecule has 32 heavy (non-hydrogen) atoms. The van der Waals surface area contributed by atoms with Gasteiger partial charge in [-0.05, 0) is 32.1 Å². The molecule has 1 unspecified atom stereocenters. The summed E-state index contributed by atoms with van der Waals surface area (Å²) in [6.45, 7) is 1.61. The fourth-order valence-electron chi connectivity index (χ4n) is 3.87. The molecular weight excluding hydrogens is 430 g/mol. The summed E-state index contributed by atoms with van der Waals surface area (Å²) in [6, 6.07) is 0. The number of unbranched alkanes of at least 4 members (excludes halogenated alkanes) is 11. The molecule has 1 aliphatic rings. The van der Waals surface area contributed by atoms with Crippen molar-refractivity contribution in [1.29, 1.82) is 0 Å². The average molecular weight is 472 g/mol. The molecule has 1 N–H and O–H groups in total. The number of hydrogen-bond acceptors (Lipinski definition) is 6. The second-order valence-electron chi connectivity index (χ2n) is 8.58. The third-order valence-corrected chi connectivity index (χ3v) is 7.80. The van der Waals surface area contributed by atoms with E-state index in [1.54, 1.807) is 0 Å². The van der Waals surface area contributed by atoms with E-state index in [0.717, 1.165) is 38.5 Å². The molecule has 0 saturated carbocycles. The van der Waals surface area contributed by atoms with Crippen molar-refractivity contribution in [3.8, 4) is 0 Å². The van der Waals surface area contributed by atoms with Gasteiger partial charge >= 0.3 is 0 Å². The van der Waals surface area contributed by atoms with Crippen LogP contribution < -0.4 is 0 Å². The van der Waals surface area contributed by atoms with Crippen molar-refractivity contribution >= 4 is 27.6 Å². The molecule has 0 radical (unpaired) electrons. The molecule has 1 heterocycles. The predicted octanol–water partition coefficient (Wildman–Crippen LogP) is 4.09. The largest absolute Gasteiger partial charge is 0.395 e. The quantitative estimate of drug-likeness (QED) is 0.183. The molecule has 0 aliphatic carbocycles. The summed E-state index contributed by atoms with van der Waals surface area (Å²) in [4.78, 5) is 37.0. The van der Waals surface area contributed by atoms with E-state index in [0.29, 0.717) is 11.3 Å². The van der Waals surface area contributed by atoms with Crippen LogP contribution in [-0.4, -0.2) is 53.8 Å². The highest BCUT2D eigenvalue weighted by Crippen LogP contribution is 2.22. The molecule has 0 bridgehead atoms. The van der Waals surface area contributed by atoms with Gasteiger partial charge in [0, 0.05) is 6.42 Å². The summed E-state index contributed by atoms with van der Waals surface area (Å²) in [5.74, 6) is -2.95. The monoisotopic (exact) mass is 471 g/mol. The number of carbonyl (C=O) groups excluding carboxylic acids is 3. The number of likely N-dealkylation sites (tertiary alicyclic amines) is 1. The van der Waals surface area contributed by atoms with Crippen LogP contribution in [0, 0.1) is 0 Å². The molecule has 3 amide bonds.